The highest BCUT2D eigenvalue weighted by Crippen LogP contribution is 2.24. The predicted octanol–water partition coefficient (Wildman–Crippen LogP) is 1.92. The highest BCUT2D eigenvalue weighted by atomic mass is 32.1. The lowest BCUT2D eigenvalue weighted by Gasteiger charge is -2.24. The van der Waals surface area contributed by atoms with E-state index in [2.05, 4.69) is 12.6 Å². The lowest BCUT2D eigenvalue weighted by atomic mass is 9.93. The van der Waals surface area contributed by atoms with Gasteiger partial charge in [-0.25, -0.2) is 0 Å². The molecular weight excluding hydrogens is 132 g/mol. The van der Waals surface area contributed by atoms with E-state index in [1.165, 1.54) is 0 Å². The van der Waals surface area contributed by atoms with Crippen molar-refractivity contribution in [1.29, 1.82) is 0 Å². The van der Waals surface area contributed by atoms with Gasteiger partial charge in [-0.05, 0) is 19.8 Å². The number of Topliss-reactive ketones (excluding diaryl/α,β-unsaturated/α-hetero) is 1. The molecule has 0 spiro atoms. The zero-order chi connectivity index (χ0) is 7.65. The summed E-state index contributed by atoms with van der Waals surface area (Å²) in [5.41, 5.74) is 0. The third-order valence-corrected chi connectivity index (χ3v) is 2.67. The molecule has 0 radical (unpaired) electrons. The zero-order valence-electron chi connectivity index (χ0n) is 6.43. The molecule has 1 unspecified atom stereocenters. The molecule has 0 aromatic carbocycles. The van der Waals surface area contributed by atoms with Gasteiger partial charge in [0.05, 0.1) is 4.75 Å². The number of hydrogen-bond acceptors (Lipinski definition) is 2. The number of carbonyl (C=O) groups is 1. The summed E-state index contributed by atoms with van der Waals surface area (Å²) >= 11 is 4.23. The topological polar surface area (TPSA) is 17.1 Å². The van der Waals surface area contributed by atoms with Gasteiger partial charge >= 0.3 is 0 Å². The van der Waals surface area contributed by atoms with Gasteiger partial charge in [-0.15, -0.1) is 0 Å². The minimum Gasteiger partial charge on any atom is -0.298 e. The van der Waals surface area contributed by atoms with Crippen LogP contribution in [0.4, 0.5) is 0 Å². The molecule has 54 valence electrons. The van der Waals surface area contributed by atoms with Gasteiger partial charge in [-0.3, -0.25) is 4.79 Å². The van der Waals surface area contributed by atoms with Gasteiger partial charge < -0.3 is 0 Å². The third kappa shape index (κ3) is 2.01. The molecule has 0 saturated carbocycles. The molecule has 0 bridgehead atoms. The van der Waals surface area contributed by atoms with Crippen molar-refractivity contribution >= 4 is 18.4 Å². The van der Waals surface area contributed by atoms with Crippen LogP contribution in [0.5, 0.6) is 0 Å². The van der Waals surface area contributed by atoms with E-state index in [1.807, 2.05) is 20.8 Å². The van der Waals surface area contributed by atoms with Crippen LogP contribution < -0.4 is 0 Å². The maximum atomic E-state index is 10.8. The molecule has 0 aliphatic rings. The van der Waals surface area contributed by atoms with Gasteiger partial charge in [0.15, 0.2) is 0 Å². The minimum atomic E-state index is -0.444. The van der Waals surface area contributed by atoms with Crippen molar-refractivity contribution < 1.29 is 4.79 Å². The van der Waals surface area contributed by atoms with Crippen molar-refractivity contribution in [3.63, 3.8) is 0 Å². The average molecular weight is 146 g/mol. The molecule has 0 aromatic heterocycles. The molecule has 0 fully saturated rings. The summed E-state index contributed by atoms with van der Waals surface area (Å²) in [5.74, 6) is 0.444. The molecule has 0 aromatic rings. The van der Waals surface area contributed by atoms with E-state index < -0.39 is 4.75 Å². The fraction of sp³-hybridized carbons (Fsp3) is 0.857. The Bertz CT molecular complexity index is 116. The number of thiol groups is 1. The molecule has 0 saturated heterocycles. The quantitative estimate of drug-likeness (QED) is 0.589. The summed E-state index contributed by atoms with van der Waals surface area (Å²) < 4.78 is -0.444. The Kier molecular flexibility index (Phi) is 2.74. The Balaban J connectivity index is 4.19. The summed E-state index contributed by atoms with van der Waals surface area (Å²) in [4.78, 5) is 10.8. The highest BCUT2D eigenvalue weighted by molar-refractivity contribution is 7.82. The SMILES string of the molecule is CC(=O)C(C)(S)C(C)C. The molecule has 2 heteroatoms. The lowest BCUT2D eigenvalue weighted by molar-refractivity contribution is -0.119. The van der Waals surface area contributed by atoms with Crippen molar-refractivity contribution in [2.45, 2.75) is 32.4 Å². The Labute approximate surface area is 62.2 Å². The first-order valence-corrected chi connectivity index (χ1v) is 3.57. The van der Waals surface area contributed by atoms with E-state index in [0.717, 1.165) is 0 Å². The molecule has 1 nitrogen and oxygen atoms in total. The van der Waals surface area contributed by atoms with Crippen molar-refractivity contribution in [2.75, 3.05) is 0 Å². The van der Waals surface area contributed by atoms with Gasteiger partial charge in [0.2, 0.25) is 0 Å². The first-order chi connectivity index (χ1) is 3.89. The first kappa shape index (κ1) is 9.02. The van der Waals surface area contributed by atoms with E-state index in [9.17, 15) is 4.79 Å². The van der Waals surface area contributed by atoms with E-state index in [-0.39, 0.29) is 5.78 Å². The smallest absolute Gasteiger partial charge is 0.145 e. The largest absolute Gasteiger partial charge is 0.298 e. The maximum absolute atomic E-state index is 10.8. The number of rotatable bonds is 2. The molecule has 9 heavy (non-hydrogen) atoms. The summed E-state index contributed by atoms with van der Waals surface area (Å²) in [7, 11) is 0. The second-order valence-electron chi connectivity index (χ2n) is 2.86. The molecule has 0 amide bonds. The highest BCUT2D eigenvalue weighted by Gasteiger charge is 2.28. The summed E-state index contributed by atoms with van der Waals surface area (Å²) in [6.07, 6.45) is 0. The van der Waals surface area contributed by atoms with Crippen LogP contribution in [-0.2, 0) is 4.79 Å². The first-order valence-electron chi connectivity index (χ1n) is 3.12. The molecule has 0 heterocycles. The standard InChI is InChI=1S/C7H14OS/c1-5(2)7(4,9)6(3)8/h5,9H,1-4H3. The Morgan fingerprint density at radius 3 is 1.89 bits per heavy atom. The van der Waals surface area contributed by atoms with Gasteiger partial charge in [0.25, 0.3) is 0 Å². The Morgan fingerprint density at radius 1 is 1.56 bits per heavy atom. The zero-order valence-corrected chi connectivity index (χ0v) is 7.33. The number of hydrogen-bond donors (Lipinski definition) is 1. The van der Waals surface area contributed by atoms with Crippen LogP contribution in [0.15, 0.2) is 0 Å². The van der Waals surface area contributed by atoms with Crippen LogP contribution in [0.25, 0.3) is 0 Å². The van der Waals surface area contributed by atoms with Crippen molar-refractivity contribution in [3.8, 4) is 0 Å². The van der Waals surface area contributed by atoms with Crippen LogP contribution >= 0.6 is 12.6 Å². The van der Waals surface area contributed by atoms with Crippen LogP contribution in [0, 0.1) is 5.92 Å². The second-order valence-corrected chi connectivity index (χ2v) is 3.79. The van der Waals surface area contributed by atoms with Crippen LogP contribution in [0.3, 0.4) is 0 Å². The van der Waals surface area contributed by atoms with Crippen LogP contribution in [0.1, 0.15) is 27.7 Å². The average Bonchev–Trinajstić information content (AvgIpc) is 1.65. The normalized spacial score (nSPS) is 17.6. The van der Waals surface area contributed by atoms with Gasteiger partial charge in [-0.1, -0.05) is 13.8 Å². The van der Waals surface area contributed by atoms with Crippen molar-refractivity contribution in [3.05, 3.63) is 0 Å². The van der Waals surface area contributed by atoms with E-state index >= 15 is 0 Å². The van der Waals surface area contributed by atoms with Crippen molar-refractivity contribution in [1.82, 2.24) is 0 Å². The van der Waals surface area contributed by atoms with Crippen molar-refractivity contribution in [2.24, 2.45) is 5.92 Å². The molecule has 0 rings (SSSR count). The molecule has 0 N–H and O–H groups in total. The summed E-state index contributed by atoms with van der Waals surface area (Å²) in [6, 6.07) is 0. The fourth-order valence-corrected chi connectivity index (χ4v) is 0.407. The van der Waals surface area contributed by atoms with Crippen LogP contribution in [0.2, 0.25) is 0 Å². The fourth-order valence-electron chi connectivity index (χ4n) is 0.407. The monoisotopic (exact) mass is 146 g/mol. The molecular formula is C7H14OS. The van der Waals surface area contributed by atoms with E-state index in [1.54, 1.807) is 6.92 Å². The Morgan fingerprint density at radius 2 is 1.89 bits per heavy atom. The lowest BCUT2D eigenvalue weighted by Crippen LogP contribution is -2.32. The second kappa shape index (κ2) is 2.74. The van der Waals surface area contributed by atoms with E-state index in [4.69, 9.17) is 0 Å². The molecule has 1 atom stereocenters. The minimum absolute atomic E-state index is 0.140. The van der Waals surface area contributed by atoms with Crippen LogP contribution in [-0.4, -0.2) is 10.5 Å². The molecule has 0 aliphatic carbocycles. The Hall–Kier alpha value is 0.0200. The van der Waals surface area contributed by atoms with Gasteiger partial charge in [0.1, 0.15) is 5.78 Å². The number of ketones is 1. The number of carbonyl (C=O) groups excluding carboxylic acids is 1. The predicted molar refractivity (Wildman–Crippen MR) is 42.9 cm³/mol. The van der Waals surface area contributed by atoms with Gasteiger partial charge in [-0.2, -0.15) is 12.6 Å². The third-order valence-electron chi connectivity index (χ3n) is 1.84. The summed E-state index contributed by atoms with van der Waals surface area (Å²) in [6.45, 7) is 7.42. The maximum Gasteiger partial charge on any atom is 0.145 e. The van der Waals surface area contributed by atoms with Gasteiger partial charge in [0, 0.05) is 0 Å². The van der Waals surface area contributed by atoms with E-state index in [0.29, 0.717) is 5.92 Å². The summed E-state index contributed by atoms with van der Waals surface area (Å²) in [5, 5.41) is 0. The molecule has 0 aliphatic heterocycles.